The average molecular weight is 324 g/mol. The number of anilines is 1. The van der Waals surface area contributed by atoms with Crippen LogP contribution in [0.3, 0.4) is 0 Å². The van der Waals surface area contributed by atoms with Crippen molar-refractivity contribution in [1.82, 2.24) is 0 Å². The fourth-order valence-corrected chi connectivity index (χ4v) is 4.25. The van der Waals surface area contributed by atoms with Gasteiger partial charge in [0.2, 0.25) is 0 Å². The normalized spacial score (nSPS) is 22.1. The van der Waals surface area contributed by atoms with Crippen molar-refractivity contribution in [3.8, 4) is 0 Å². The first-order chi connectivity index (χ1) is 8.58. The summed E-state index contributed by atoms with van der Waals surface area (Å²) in [5, 5.41) is 12.9. The Hall–Kier alpha value is -0.840. The number of nitrogen functional groups attached to an aromatic ring is 1. The van der Waals surface area contributed by atoms with Gasteiger partial charge < -0.3 is 10.8 Å². The second kappa shape index (κ2) is 4.37. The van der Waals surface area contributed by atoms with Crippen LogP contribution in [-0.4, -0.2) is 5.11 Å². The molecule has 2 nitrogen and oxygen atoms in total. The minimum Gasteiger partial charge on any atom is -0.399 e. The highest BCUT2D eigenvalue weighted by atomic mass is 79.9. The van der Waals surface area contributed by atoms with Crippen LogP contribution in [0.4, 0.5) is 5.69 Å². The van der Waals surface area contributed by atoms with Gasteiger partial charge in [0.1, 0.15) is 0 Å². The highest BCUT2D eigenvalue weighted by Gasteiger charge is 2.37. The Morgan fingerprint density at radius 3 is 2.94 bits per heavy atom. The first-order valence-corrected chi connectivity index (χ1v) is 7.59. The summed E-state index contributed by atoms with van der Waals surface area (Å²) in [5.41, 5.74) is 8.05. The van der Waals surface area contributed by atoms with Crippen molar-refractivity contribution in [1.29, 1.82) is 0 Å². The molecule has 2 aromatic rings. The van der Waals surface area contributed by atoms with Crippen LogP contribution < -0.4 is 5.73 Å². The van der Waals surface area contributed by atoms with E-state index >= 15 is 0 Å². The van der Waals surface area contributed by atoms with Gasteiger partial charge in [0.05, 0.1) is 5.60 Å². The molecule has 1 unspecified atom stereocenters. The zero-order chi connectivity index (χ0) is 12.8. The SMILES string of the molecule is Nc1ccc2c(c1)CCC2(O)Cc1sccc1Br. The lowest BCUT2D eigenvalue weighted by Gasteiger charge is -2.23. The lowest BCUT2D eigenvalue weighted by Crippen LogP contribution is -2.25. The highest BCUT2D eigenvalue weighted by Crippen LogP contribution is 2.42. The molecule has 1 aromatic carbocycles. The average Bonchev–Trinajstić information content (AvgIpc) is 2.85. The summed E-state index contributed by atoms with van der Waals surface area (Å²) >= 11 is 5.21. The van der Waals surface area contributed by atoms with Crippen molar-refractivity contribution < 1.29 is 5.11 Å². The van der Waals surface area contributed by atoms with E-state index in [0.29, 0.717) is 6.42 Å². The largest absolute Gasteiger partial charge is 0.399 e. The van der Waals surface area contributed by atoms with E-state index in [2.05, 4.69) is 15.9 Å². The molecule has 94 valence electrons. The number of nitrogens with two attached hydrogens (primary N) is 1. The molecule has 3 rings (SSSR count). The summed E-state index contributed by atoms with van der Waals surface area (Å²) in [6, 6.07) is 7.86. The standard InChI is InChI=1S/C14H14BrNOS/c15-12-4-6-18-13(12)8-14(17)5-3-9-7-10(16)1-2-11(9)14/h1-2,4,6-7,17H,3,5,8,16H2. The van der Waals surface area contributed by atoms with Gasteiger partial charge in [-0.2, -0.15) is 0 Å². The van der Waals surface area contributed by atoms with Gasteiger partial charge >= 0.3 is 0 Å². The molecule has 0 fully saturated rings. The zero-order valence-corrected chi connectivity index (χ0v) is 12.2. The Kier molecular flexibility index (Phi) is 2.96. The van der Waals surface area contributed by atoms with E-state index < -0.39 is 5.60 Å². The molecule has 0 amide bonds. The quantitative estimate of drug-likeness (QED) is 0.831. The van der Waals surface area contributed by atoms with Crippen LogP contribution in [0.5, 0.6) is 0 Å². The van der Waals surface area contributed by atoms with Gasteiger partial charge in [-0.3, -0.25) is 0 Å². The molecular formula is C14H14BrNOS. The van der Waals surface area contributed by atoms with Crippen molar-refractivity contribution in [3.63, 3.8) is 0 Å². The number of hydrogen-bond donors (Lipinski definition) is 2. The Morgan fingerprint density at radius 2 is 2.22 bits per heavy atom. The fourth-order valence-electron chi connectivity index (χ4n) is 2.65. The molecule has 1 atom stereocenters. The maximum atomic E-state index is 10.9. The molecule has 0 radical (unpaired) electrons. The maximum Gasteiger partial charge on any atom is 0.0950 e. The molecule has 18 heavy (non-hydrogen) atoms. The van der Waals surface area contributed by atoms with Gasteiger partial charge in [-0.15, -0.1) is 11.3 Å². The maximum absolute atomic E-state index is 10.9. The van der Waals surface area contributed by atoms with Crippen molar-refractivity contribution in [2.24, 2.45) is 0 Å². The summed E-state index contributed by atoms with van der Waals surface area (Å²) in [6.45, 7) is 0. The second-order valence-electron chi connectivity index (χ2n) is 4.82. The van der Waals surface area contributed by atoms with Crippen LogP contribution in [0.2, 0.25) is 0 Å². The molecule has 1 heterocycles. The van der Waals surface area contributed by atoms with Gasteiger partial charge in [-0.05, 0) is 63.5 Å². The van der Waals surface area contributed by atoms with Gasteiger partial charge in [-0.25, -0.2) is 0 Å². The first kappa shape index (κ1) is 12.2. The third-order valence-corrected chi connectivity index (χ3v) is 5.51. The number of aliphatic hydroxyl groups is 1. The Labute approximate surface area is 119 Å². The number of rotatable bonds is 2. The zero-order valence-electron chi connectivity index (χ0n) is 9.82. The number of benzene rings is 1. The molecule has 0 saturated carbocycles. The third kappa shape index (κ3) is 1.98. The summed E-state index contributed by atoms with van der Waals surface area (Å²) in [7, 11) is 0. The Balaban J connectivity index is 1.97. The van der Waals surface area contributed by atoms with Gasteiger partial charge in [0.15, 0.2) is 0 Å². The van der Waals surface area contributed by atoms with Crippen molar-refractivity contribution in [3.05, 3.63) is 50.1 Å². The van der Waals surface area contributed by atoms with Crippen LogP contribution in [0, 0.1) is 0 Å². The van der Waals surface area contributed by atoms with E-state index in [9.17, 15) is 5.11 Å². The van der Waals surface area contributed by atoms with Crippen LogP contribution >= 0.6 is 27.3 Å². The van der Waals surface area contributed by atoms with E-state index in [1.807, 2.05) is 29.6 Å². The van der Waals surface area contributed by atoms with E-state index in [4.69, 9.17) is 5.73 Å². The van der Waals surface area contributed by atoms with Gasteiger partial charge in [-0.1, -0.05) is 6.07 Å². The second-order valence-corrected chi connectivity index (χ2v) is 6.67. The molecule has 4 heteroatoms. The first-order valence-electron chi connectivity index (χ1n) is 5.92. The number of aryl methyl sites for hydroxylation is 1. The molecule has 0 saturated heterocycles. The van der Waals surface area contributed by atoms with E-state index in [-0.39, 0.29) is 0 Å². The van der Waals surface area contributed by atoms with Gasteiger partial charge in [0.25, 0.3) is 0 Å². The van der Waals surface area contributed by atoms with Crippen LogP contribution in [0.25, 0.3) is 0 Å². The number of thiophene rings is 1. The number of fused-ring (bicyclic) bond motifs is 1. The lowest BCUT2D eigenvalue weighted by atomic mass is 9.91. The van der Waals surface area contributed by atoms with Crippen molar-refractivity contribution in [2.45, 2.75) is 24.9 Å². The Morgan fingerprint density at radius 1 is 1.39 bits per heavy atom. The molecular weight excluding hydrogens is 310 g/mol. The fraction of sp³-hybridized carbons (Fsp3) is 0.286. The molecule has 0 spiro atoms. The van der Waals surface area contributed by atoms with E-state index in [0.717, 1.165) is 28.6 Å². The molecule has 1 aromatic heterocycles. The summed E-state index contributed by atoms with van der Waals surface area (Å²) < 4.78 is 1.09. The number of hydrogen-bond acceptors (Lipinski definition) is 3. The monoisotopic (exact) mass is 323 g/mol. The molecule has 1 aliphatic carbocycles. The third-order valence-electron chi connectivity index (χ3n) is 3.58. The van der Waals surface area contributed by atoms with Crippen LogP contribution in [0.15, 0.2) is 34.1 Å². The van der Waals surface area contributed by atoms with E-state index in [1.54, 1.807) is 11.3 Å². The minimum atomic E-state index is -0.740. The summed E-state index contributed by atoms with van der Waals surface area (Å²) in [6.07, 6.45) is 2.35. The Bertz CT molecular complexity index is 595. The van der Waals surface area contributed by atoms with Crippen molar-refractivity contribution >= 4 is 33.0 Å². The smallest absolute Gasteiger partial charge is 0.0950 e. The predicted octanol–water partition coefficient (Wildman–Crippen LogP) is 3.47. The molecule has 0 bridgehead atoms. The van der Waals surface area contributed by atoms with Crippen molar-refractivity contribution in [2.75, 3.05) is 5.73 Å². The lowest BCUT2D eigenvalue weighted by molar-refractivity contribution is 0.0396. The summed E-state index contributed by atoms with van der Waals surface area (Å²) in [4.78, 5) is 1.20. The van der Waals surface area contributed by atoms with Gasteiger partial charge in [0, 0.05) is 21.5 Å². The van der Waals surface area contributed by atoms with E-state index in [1.165, 1.54) is 10.4 Å². The van der Waals surface area contributed by atoms with Crippen LogP contribution in [-0.2, 0) is 18.4 Å². The molecule has 3 N–H and O–H groups in total. The highest BCUT2D eigenvalue weighted by molar-refractivity contribution is 9.10. The summed E-state index contributed by atoms with van der Waals surface area (Å²) in [5.74, 6) is 0. The van der Waals surface area contributed by atoms with Crippen LogP contribution in [0.1, 0.15) is 22.4 Å². The topological polar surface area (TPSA) is 46.2 Å². The molecule has 0 aliphatic heterocycles. The number of halogens is 1. The predicted molar refractivity (Wildman–Crippen MR) is 78.8 cm³/mol. The minimum absolute atomic E-state index is 0.669. The molecule has 1 aliphatic rings.